The number of rotatable bonds is 2. The van der Waals surface area contributed by atoms with Crippen LogP contribution >= 0.6 is 0 Å². The van der Waals surface area contributed by atoms with Crippen molar-refractivity contribution in [2.75, 3.05) is 18.8 Å². The van der Waals surface area contributed by atoms with Crippen molar-refractivity contribution in [2.24, 2.45) is 0 Å². The van der Waals surface area contributed by atoms with Crippen LogP contribution in [-0.4, -0.2) is 27.8 Å². The highest BCUT2D eigenvalue weighted by molar-refractivity contribution is 5.44. The third-order valence-electron chi connectivity index (χ3n) is 4.32. The quantitative estimate of drug-likeness (QED) is 0.851. The summed E-state index contributed by atoms with van der Waals surface area (Å²) in [4.78, 5) is 2.48. The number of hydrogen-bond donors (Lipinski definition) is 1. The second kappa shape index (κ2) is 4.33. The second-order valence-corrected chi connectivity index (χ2v) is 5.31. The molecule has 0 amide bonds. The van der Waals surface area contributed by atoms with Crippen molar-refractivity contribution in [2.45, 2.75) is 51.6 Å². The highest BCUT2D eigenvalue weighted by Crippen LogP contribution is 2.34. The van der Waals surface area contributed by atoms with E-state index in [1.165, 1.54) is 36.9 Å². The van der Waals surface area contributed by atoms with Crippen LogP contribution in [0, 0.1) is 0 Å². The maximum Gasteiger partial charge on any atom is 0.149 e. The van der Waals surface area contributed by atoms with E-state index in [0.29, 0.717) is 6.04 Å². The van der Waals surface area contributed by atoms with E-state index >= 15 is 0 Å². The molecule has 2 aliphatic rings. The number of nitrogens with two attached hydrogens (primary N) is 1. The van der Waals surface area contributed by atoms with Crippen LogP contribution in [0.5, 0.6) is 0 Å². The van der Waals surface area contributed by atoms with E-state index < -0.39 is 0 Å². The van der Waals surface area contributed by atoms with Gasteiger partial charge in [0.15, 0.2) is 0 Å². The average molecular weight is 234 g/mol. The zero-order valence-corrected chi connectivity index (χ0v) is 10.7. The lowest BCUT2D eigenvalue weighted by Crippen LogP contribution is -2.31. The highest BCUT2D eigenvalue weighted by Gasteiger charge is 2.27. The molecule has 94 valence electrons. The fourth-order valence-corrected chi connectivity index (χ4v) is 3.24. The van der Waals surface area contributed by atoms with Crippen molar-refractivity contribution in [1.29, 1.82) is 0 Å². The maximum atomic E-state index is 6.07. The van der Waals surface area contributed by atoms with Crippen LogP contribution in [0.25, 0.3) is 0 Å². The van der Waals surface area contributed by atoms with Gasteiger partial charge < -0.3 is 5.73 Å². The SMILES string of the molecule is CCN1CCc2c(N)nn(C3CCCC3)c2C1. The topological polar surface area (TPSA) is 47.1 Å². The lowest BCUT2D eigenvalue weighted by molar-refractivity contribution is 0.253. The van der Waals surface area contributed by atoms with Gasteiger partial charge >= 0.3 is 0 Å². The van der Waals surface area contributed by atoms with Gasteiger partial charge in [-0.25, -0.2) is 0 Å². The van der Waals surface area contributed by atoms with Crippen molar-refractivity contribution < 1.29 is 0 Å². The Bertz CT molecular complexity index is 404. The van der Waals surface area contributed by atoms with Crippen molar-refractivity contribution in [3.63, 3.8) is 0 Å². The summed E-state index contributed by atoms with van der Waals surface area (Å²) in [5.74, 6) is 0.780. The third-order valence-corrected chi connectivity index (χ3v) is 4.32. The minimum absolute atomic E-state index is 0.609. The average Bonchev–Trinajstić information content (AvgIpc) is 2.97. The zero-order chi connectivity index (χ0) is 11.8. The second-order valence-electron chi connectivity index (χ2n) is 5.31. The molecule has 3 rings (SSSR count). The van der Waals surface area contributed by atoms with E-state index in [1.54, 1.807) is 0 Å². The summed E-state index contributed by atoms with van der Waals surface area (Å²) in [6.45, 7) is 5.51. The Morgan fingerprint density at radius 3 is 2.82 bits per heavy atom. The molecule has 1 aliphatic carbocycles. The summed E-state index contributed by atoms with van der Waals surface area (Å²) in [6, 6.07) is 0.609. The molecule has 0 spiro atoms. The van der Waals surface area contributed by atoms with Crippen LogP contribution in [0.4, 0.5) is 5.82 Å². The zero-order valence-electron chi connectivity index (χ0n) is 10.7. The van der Waals surface area contributed by atoms with E-state index in [2.05, 4.69) is 21.6 Å². The van der Waals surface area contributed by atoms with Crippen molar-refractivity contribution in [3.8, 4) is 0 Å². The van der Waals surface area contributed by atoms with E-state index in [1.807, 2.05) is 0 Å². The van der Waals surface area contributed by atoms with Crippen molar-refractivity contribution >= 4 is 5.82 Å². The third kappa shape index (κ3) is 1.84. The Balaban J connectivity index is 1.94. The number of nitrogen functional groups attached to an aromatic ring is 1. The van der Waals surface area contributed by atoms with E-state index in [9.17, 15) is 0 Å². The van der Waals surface area contributed by atoms with Gasteiger partial charge in [-0.05, 0) is 25.8 Å². The monoisotopic (exact) mass is 234 g/mol. The van der Waals surface area contributed by atoms with Gasteiger partial charge in [-0.15, -0.1) is 0 Å². The highest BCUT2D eigenvalue weighted by atomic mass is 15.3. The Kier molecular flexibility index (Phi) is 2.82. The van der Waals surface area contributed by atoms with Gasteiger partial charge in [0.1, 0.15) is 5.82 Å². The largest absolute Gasteiger partial charge is 0.382 e. The number of anilines is 1. The van der Waals surface area contributed by atoms with Crippen LogP contribution in [0.2, 0.25) is 0 Å². The van der Waals surface area contributed by atoms with Gasteiger partial charge in [-0.1, -0.05) is 19.8 Å². The minimum atomic E-state index is 0.609. The van der Waals surface area contributed by atoms with Crippen LogP contribution in [0.1, 0.15) is 49.9 Å². The molecule has 0 aromatic carbocycles. The molecule has 0 saturated heterocycles. The molecular formula is C13H22N4. The Morgan fingerprint density at radius 2 is 2.12 bits per heavy atom. The molecule has 1 aromatic heterocycles. The van der Waals surface area contributed by atoms with Gasteiger partial charge in [-0.3, -0.25) is 9.58 Å². The molecule has 4 nitrogen and oxygen atoms in total. The van der Waals surface area contributed by atoms with Gasteiger partial charge in [0.05, 0.1) is 11.7 Å². The number of nitrogens with zero attached hydrogens (tertiary/aromatic N) is 3. The maximum absolute atomic E-state index is 6.07. The molecule has 1 aliphatic heterocycles. The first kappa shape index (κ1) is 11.1. The Labute approximate surface area is 103 Å². The lowest BCUT2D eigenvalue weighted by Gasteiger charge is -2.27. The molecule has 0 unspecified atom stereocenters. The predicted molar refractivity (Wildman–Crippen MR) is 68.8 cm³/mol. The Morgan fingerprint density at radius 1 is 1.35 bits per heavy atom. The summed E-state index contributed by atoms with van der Waals surface area (Å²) in [5.41, 5.74) is 8.78. The van der Waals surface area contributed by atoms with Crippen molar-refractivity contribution in [3.05, 3.63) is 11.3 Å². The molecular weight excluding hydrogens is 212 g/mol. The molecule has 0 atom stereocenters. The summed E-state index contributed by atoms with van der Waals surface area (Å²) in [7, 11) is 0. The van der Waals surface area contributed by atoms with Crippen LogP contribution in [0.3, 0.4) is 0 Å². The van der Waals surface area contributed by atoms with Gasteiger partial charge in [0.25, 0.3) is 0 Å². The van der Waals surface area contributed by atoms with E-state index in [0.717, 1.165) is 31.9 Å². The molecule has 1 aromatic rings. The molecule has 1 fully saturated rings. The number of hydrogen-bond acceptors (Lipinski definition) is 3. The summed E-state index contributed by atoms with van der Waals surface area (Å²) in [5, 5.41) is 4.61. The van der Waals surface area contributed by atoms with E-state index in [-0.39, 0.29) is 0 Å². The molecule has 0 bridgehead atoms. The number of likely N-dealkylation sites (N-methyl/N-ethyl adjacent to an activating group) is 1. The molecule has 17 heavy (non-hydrogen) atoms. The number of fused-ring (bicyclic) bond motifs is 1. The normalized spacial score (nSPS) is 21.9. The standard InChI is InChI=1S/C13H22N4/c1-2-16-8-7-11-12(9-16)17(15-13(11)14)10-5-3-4-6-10/h10H,2-9H2,1H3,(H2,14,15). The lowest BCUT2D eigenvalue weighted by atomic mass is 10.1. The Hall–Kier alpha value is -1.03. The fourth-order valence-electron chi connectivity index (χ4n) is 3.24. The molecule has 4 heteroatoms. The molecule has 0 radical (unpaired) electrons. The predicted octanol–water partition coefficient (Wildman–Crippen LogP) is 1.96. The smallest absolute Gasteiger partial charge is 0.149 e. The fraction of sp³-hybridized carbons (Fsp3) is 0.769. The van der Waals surface area contributed by atoms with Crippen LogP contribution in [0.15, 0.2) is 0 Å². The minimum Gasteiger partial charge on any atom is -0.382 e. The molecule has 2 N–H and O–H groups in total. The first-order chi connectivity index (χ1) is 8.29. The van der Waals surface area contributed by atoms with Gasteiger partial charge in [0.2, 0.25) is 0 Å². The first-order valence-electron chi connectivity index (χ1n) is 6.87. The molecule has 2 heterocycles. The summed E-state index contributed by atoms with van der Waals surface area (Å²) in [6.07, 6.45) is 6.31. The van der Waals surface area contributed by atoms with Crippen LogP contribution < -0.4 is 5.73 Å². The van der Waals surface area contributed by atoms with Crippen molar-refractivity contribution in [1.82, 2.24) is 14.7 Å². The summed E-state index contributed by atoms with van der Waals surface area (Å²) >= 11 is 0. The van der Waals surface area contributed by atoms with Crippen LogP contribution in [-0.2, 0) is 13.0 Å². The number of aromatic nitrogens is 2. The summed E-state index contributed by atoms with van der Waals surface area (Å²) < 4.78 is 2.25. The van der Waals surface area contributed by atoms with Gasteiger partial charge in [0, 0.05) is 18.7 Å². The van der Waals surface area contributed by atoms with Gasteiger partial charge in [-0.2, -0.15) is 5.10 Å². The first-order valence-corrected chi connectivity index (χ1v) is 6.87. The van der Waals surface area contributed by atoms with E-state index in [4.69, 9.17) is 5.73 Å². The molecule has 1 saturated carbocycles.